The lowest BCUT2D eigenvalue weighted by Gasteiger charge is -2.42. The molecule has 4 N–H and O–H groups in total. The third-order valence-electron chi connectivity index (χ3n) is 8.92. The molecule has 2 aliphatic rings. The van der Waals surface area contributed by atoms with Crippen LogP contribution in [0.25, 0.3) is 0 Å². The Kier molecular flexibility index (Phi) is 18.7. The summed E-state index contributed by atoms with van der Waals surface area (Å²) in [6, 6.07) is 0. The maximum absolute atomic E-state index is 10.3. The first-order chi connectivity index (χ1) is 24.5. The van der Waals surface area contributed by atoms with Crippen LogP contribution >= 0.6 is 0 Å². The zero-order valence-electron chi connectivity index (χ0n) is 33.1. The van der Waals surface area contributed by atoms with E-state index in [0.29, 0.717) is 6.42 Å². The van der Waals surface area contributed by atoms with Gasteiger partial charge in [-0.15, -0.1) is 0 Å². The predicted octanol–water partition coefficient (Wildman–Crippen LogP) is 9.34. The molecule has 284 valence electrons. The Balaban J connectivity index is 1.82. The van der Waals surface area contributed by atoms with Crippen molar-refractivity contribution in [3.63, 3.8) is 0 Å². The van der Waals surface area contributed by atoms with Crippen LogP contribution in [0.15, 0.2) is 154 Å². The fraction of sp³-hybridized carbons (Fsp3) is 0.435. The van der Waals surface area contributed by atoms with Crippen molar-refractivity contribution in [3.05, 3.63) is 154 Å². The molecule has 5 atom stereocenters. The van der Waals surface area contributed by atoms with E-state index < -0.39 is 42.9 Å². The van der Waals surface area contributed by atoms with Gasteiger partial charge in [0.1, 0.15) is 24.4 Å². The van der Waals surface area contributed by atoms with Crippen LogP contribution in [0.4, 0.5) is 0 Å². The van der Waals surface area contributed by atoms with Crippen molar-refractivity contribution >= 4 is 0 Å². The average Bonchev–Trinajstić information content (AvgIpc) is 3.06. The van der Waals surface area contributed by atoms with Crippen LogP contribution in [-0.2, 0) is 9.47 Å². The summed E-state index contributed by atoms with van der Waals surface area (Å²) >= 11 is 0. The van der Waals surface area contributed by atoms with E-state index in [-0.39, 0.29) is 5.41 Å². The van der Waals surface area contributed by atoms with Gasteiger partial charge in [0, 0.05) is 0 Å². The van der Waals surface area contributed by atoms with Gasteiger partial charge in [0.05, 0.1) is 12.2 Å². The maximum atomic E-state index is 10.3. The fourth-order valence-electron chi connectivity index (χ4n) is 5.64. The van der Waals surface area contributed by atoms with Crippen LogP contribution in [0, 0.1) is 5.41 Å². The summed E-state index contributed by atoms with van der Waals surface area (Å²) in [7, 11) is 0. The molecule has 0 bridgehead atoms. The molecule has 0 spiro atoms. The number of ether oxygens (including phenoxy) is 2. The molecule has 1 aliphatic carbocycles. The molecule has 0 aromatic carbocycles. The molecular weight excluding hydrogens is 649 g/mol. The van der Waals surface area contributed by atoms with Gasteiger partial charge in [-0.1, -0.05) is 157 Å². The van der Waals surface area contributed by atoms with Crippen molar-refractivity contribution in [3.8, 4) is 0 Å². The van der Waals surface area contributed by atoms with Gasteiger partial charge >= 0.3 is 0 Å². The Bertz CT molecular complexity index is 1580. The highest BCUT2D eigenvalue weighted by Gasteiger charge is 2.45. The molecule has 0 saturated carbocycles. The number of allylic oxidation sites excluding steroid dienone is 25. The predicted molar refractivity (Wildman–Crippen MR) is 217 cm³/mol. The fourth-order valence-corrected chi connectivity index (χ4v) is 5.64. The molecule has 1 aliphatic heterocycles. The molecule has 0 amide bonds. The van der Waals surface area contributed by atoms with Crippen molar-refractivity contribution < 1.29 is 29.9 Å². The minimum atomic E-state index is -1.47. The van der Waals surface area contributed by atoms with Crippen molar-refractivity contribution in [2.45, 2.75) is 118 Å². The van der Waals surface area contributed by atoms with E-state index in [1.165, 1.54) is 22.3 Å². The minimum Gasteiger partial charge on any atom is -0.394 e. The van der Waals surface area contributed by atoms with E-state index >= 15 is 0 Å². The molecule has 0 aromatic heterocycles. The first-order valence-corrected chi connectivity index (χ1v) is 18.2. The van der Waals surface area contributed by atoms with Gasteiger partial charge in [-0.05, 0) is 84.8 Å². The summed E-state index contributed by atoms with van der Waals surface area (Å²) in [5, 5.41) is 39.7. The Labute approximate surface area is 314 Å². The van der Waals surface area contributed by atoms with E-state index in [1.807, 2.05) is 51.2 Å². The SMILES string of the molecule is CC1=C(/C=C/C(C)=C/C=C/C(C)=C/C=C/C=C(C)/C=C/C=C(C)/C=C/C=C(C)/C=C/CC(C)(C)O[C@@H]2O[C@H](CO)[C@@H](O)[C@H](O)[C@H]2O)C(C)(C)CC=C1. The lowest BCUT2D eigenvalue weighted by atomic mass is 9.75. The summed E-state index contributed by atoms with van der Waals surface area (Å²) in [6.07, 6.45) is 35.0. The van der Waals surface area contributed by atoms with E-state index in [0.717, 1.165) is 23.1 Å². The zero-order chi connectivity index (χ0) is 38.9. The Morgan fingerprint density at radius 1 is 0.750 bits per heavy atom. The topological polar surface area (TPSA) is 99.4 Å². The number of hydrogen-bond acceptors (Lipinski definition) is 6. The summed E-state index contributed by atoms with van der Waals surface area (Å²) in [5.74, 6) is 0. The molecule has 1 heterocycles. The molecular formula is C46H64O6. The van der Waals surface area contributed by atoms with E-state index in [2.05, 4.69) is 134 Å². The van der Waals surface area contributed by atoms with E-state index in [1.54, 1.807) is 0 Å². The number of aliphatic hydroxyl groups is 4. The first-order valence-electron chi connectivity index (χ1n) is 18.2. The van der Waals surface area contributed by atoms with Crippen LogP contribution in [0.2, 0.25) is 0 Å². The molecule has 6 nitrogen and oxygen atoms in total. The summed E-state index contributed by atoms with van der Waals surface area (Å²) < 4.78 is 11.4. The van der Waals surface area contributed by atoms with Gasteiger partial charge in [0.25, 0.3) is 0 Å². The van der Waals surface area contributed by atoms with Gasteiger partial charge in [0.2, 0.25) is 0 Å². The highest BCUT2D eigenvalue weighted by molar-refractivity contribution is 5.42. The number of hydrogen-bond donors (Lipinski definition) is 4. The van der Waals surface area contributed by atoms with Crippen molar-refractivity contribution in [2.75, 3.05) is 6.61 Å². The third kappa shape index (κ3) is 16.0. The second-order valence-electron chi connectivity index (χ2n) is 15.1. The minimum absolute atomic E-state index is 0.177. The lowest BCUT2D eigenvalue weighted by Crippen LogP contribution is -2.60. The number of aliphatic hydroxyl groups excluding tert-OH is 4. The van der Waals surface area contributed by atoms with Crippen LogP contribution in [0.5, 0.6) is 0 Å². The van der Waals surface area contributed by atoms with Crippen LogP contribution in [0.1, 0.15) is 82.1 Å². The highest BCUT2D eigenvalue weighted by atomic mass is 16.7. The molecule has 1 saturated heterocycles. The number of rotatable bonds is 16. The molecule has 0 unspecified atom stereocenters. The Morgan fingerprint density at radius 3 is 1.73 bits per heavy atom. The molecule has 1 fully saturated rings. The van der Waals surface area contributed by atoms with Gasteiger partial charge in [0.15, 0.2) is 6.29 Å². The quantitative estimate of drug-likeness (QED) is 0.119. The van der Waals surface area contributed by atoms with Gasteiger partial charge < -0.3 is 29.9 Å². The largest absolute Gasteiger partial charge is 0.394 e. The standard InChI is InChI=1S/C46H64O6/c1-33(18-11-12-19-34(2)21-15-25-37(5)28-29-39-38(6)27-17-30-45(39,7)8)20-13-22-35(3)23-14-24-36(4)26-16-31-46(9,10)52-44-43(50)42(49)41(48)40(32-47)51-44/h11-29,40-44,47-50H,30-32H2,1-10H3/b12-11+,20-13+,21-15+,23-14+,26-16+,29-28+,33-18+,34-19+,35-22+,36-24+,37-25+/t40-,41-,42+,43-,44+/m1/s1. The summed E-state index contributed by atoms with van der Waals surface area (Å²) in [5.41, 5.74) is 7.93. The molecule has 52 heavy (non-hydrogen) atoms. The van der Waals surface area contributed by atoms with Crippen LogP contribution < -0.4 is 0 Å². The Morgan fingerprint density at radius 2 is 1.23 bits per heavy atom. The van der Waals surface area contributed by atoms with Crippen LogP contribution in [-0.4, -0.2) is 63.3 Å². The molecule has 2 rings (SSSR count). The van der Waals surface area contributed by atoms with Gasteiger partial charge in [-0.2, -0.15) is 0 Å². The smallest absolute Gasteiger partial charge is 0.187 e. The van der Waals surface area contributed by atoms with Crippen molar-refractivity contribution in [1.29, 1.82) is 0 Å². The second-order valence-corrected chi connectivity index (χ2v) is 15.1. The molecule has 6 heteroatoms. The van der Waals surface area contributed by atoms with E-state index in [9.17, 15) is 20.4 Å². The summed E-state index contributed by atoms with van der Waals surface area (Å²) in [6.45, 7) is 20.4. The van der Waals surface area contributed by atoms with E-state index in [4.69, 9.17) is 9.47 Å². The van der Waals surface area contributed by atoms with Crippen LogP contribution in [0.3, 0.4) is 0 Å². The Hall–Kier alpha value is -3.62. The second kappa shape index (κ2) is 21.8. The van der Waals surface area contributed by atoms with Gasteiger partial charge in [-0.3, -0.25) is 0 Å². The molecule has 0 aromatic rings. The zero-order valence-corrected chi connectivity index (χ0v) is 33.1. The normalized spacial score (nSPS) is 26.3. The average molecular weight is 713 g/mol. The third-order valence-corrected chi connectivity index (χ3v) is 8.92. The van der Waals surface area contributed by atoms with Crippen molar-refractivity contribution in [2.24, 2.45) is 5.41 Å². The van der Waals surface area contributed by atoms with Gasteiger partial charge in [-0.25, -0.2) is 0 Å². The monoisotopic (exact) mass is 712 g/mol. The maximum Gasteiger partial charge on any atom is 0.187 e. The molecule has 0 radical (unpaired) electrons. The lowest BCUT2D eigenvalue weighted by molar-refractivity contribution is -0.322. The van der Waals surface area contributed by atoms with Crippen molar-refractivity contribution in [1.82, 2.24) is 0 Å². The highest BCUT2D eigenvalue weighted by Crippen LogP contribution is 2.37. The first kappa shape index (κ1) is 44.5. The summed E-state index contributed by atoms with van der Waals surface area (Å²) in [4.78, 5) is 0.